The van der Waals surface area contributed by atoms with Gasteiger partial charge in [0.25, 0.3) is 0 Å². The molecule has 5 rings (SSSR count). The molecule has 2 fully saturated rings. The predicted octanol–water partition coefficient (Wildman–Crippen LogP) is 5.87. The number of piperazine rings is 1. The molecule has 33 heavy (non-hydrogen) atoms. The number of hydrogen-bond donors (Lipinski definition) is 2. The van der Waals surface area contributed by atoms with Crippen molar-refractivity contribution in [1.29, 1.82) is 0 Å². The van der Waals surface area contributed by atoms with E-state index in [1.807, 2.05) is 18.2 Å². The number of anilines is 2. The zero-order chi connectivity index (χ0) is 22.6. The minimum absolute atomic E-state index is 0.459. The van der Waals surface area contributed by atoms with E-state index in [0.29, 0.717) is 5.92 Å². The summed E-state index contributed by atoms with van der Waals surface area (Å²) in [6.45, 7) is 5.49. The highest BCUT2D eigenvalue weighted by molar-refractivity contribution is 7.13. The van der Waals surface area contributed by atoms with Crippen LogP contribution in [0.4, 0.5) is 16.3 Å². The van der Waals surface area contributed by atoms with Crippen molar-refractivity contribution in [2.24, 2.45) is 5.92 Å². The third kappa shape index (κ3) is 5.14. The van der Waals surface area contributed by atoms with E-state index in [9.17, 15) is 4.79 Å². The van der Waals surface area contributed by atoms with Gasteiger partial charge in [-0.3, -0.25) is 10.2 Å². The Balaban J connectivity index is 1.08. The Kier molecular flexibility index (Phi) is 6.78. The summed E-state index contributed by atoms with van der Waals surface area (Å²) in [5, 5.41) is 13.0. The lowest BCUT2D eigenvalue weighted by atomic mass is 9.77. The van der Waals surface area contributed by atoms with E-state index in [2.05, 4.69) is 45.4 Å². The maximum absolute atomic E-state index is 11.1. The van der Waals surface area contributed by atoms with Crippen LogP contribution in [0.2, 0.25) is 0 Å². The Morgan fingerprint density at radius 2 is 1.73 bits per heavy atom. The molecule has 7 heteroatoms. The summed E-state index contributed by atoms with van der Waals surface area (Å²) in [5.74, 6) is 2.40. The predicted molar refractivity (Wildman–Crippen MR) is 136 cm³/mol. The summed E-state index contributed by atoms with van der Waals surface area (Å²) in [5.41, 5.74) is 1.91. The fourth-order valence-electron chi connectivity index (χ4n) is 5.49. The van der Waals surface area contributed by atoms with E-state index in [1.165, 1.54) is 35.9 Å². The summed E-state index contributed by atoms with van der Waals surface area (Å²) < 4.78 is 6.00. The Morgan fingerprint density at radius 3 is 2.52 bits per heavy atom. The Bertz CT molecular complexity index is 1080. The Morgan fingerprint density at radius 1 is 1.00 bits per heavy atom. The van der Waals surface area contributed by atoms with Crippen LogP contribution >= 0.6 is 11.5 Å². The largest absolute Gasteiger partial charge is 0.465 e. The van der Waals surface area contributed by atoms with E-state index >= 15 is 0 Å². The molecule has 0 bridgehead atoms. The number of benzene rings is 2. The molecule has 0 unspecified atom stereocenters. The second-order valence-electron chi connectivity index (χ2n) is 9.35. The van der Waals surface area contributed by atoms with Crippen molar-refractivity contribution in [3.63, 3.8) is 0 Å². The number of fused-ring (bicyclic) bond motifs is 1. The van der Waals surface area contributed by atoms with Crippen molar-refractivity contribution in [3.8, 4) is 0 Å². The summed E-state index contributed by atoms with van der Waals surface area (Å²) >= 11 is 1.60. The first kappa shape index (κ1) is 22.2. The van der Waals surface area contributed by atoms with Gasteiger partial charge in [-0.05, 0) is 85.8 Å². The standard InChI is InChI=1S/C26H32N4O2S/c31-26(32)27-23-7-3-1-5-21(23)20-11-9-19(10-12-20)13-14-29-15-17-30(18-16-29)25-22-6-2-4-8-24(22)33-28-25/h1-8,19-20,27H,9-18H2,(H,31,32). The van der Waals surface area contributed by atoms with Gasteiger partial charge in [-0.2, -0.15) is 4.37 Å². The van der Waals surface area contributed by atoms with E-state index in [4.69, 9.17) is 9.48 Å². The molecule has 1 aliphatic heterocycles. The fraction of sp³-hybridized carbons (Fsp3) is 0.462. The third-order valence-corrected chi connectivity index (χ3v) is 8.19. The number of nitrogens with one attached hydrogen (secondary N) is 1. The normalized spacial score (nSPS) is 21.9. The quantitative estimate of drug-likeness (QED) is 0.477. The summed E-state index contributed by atoms with van der Waals surface area (Å²) in [6.07, 6.45) is 5.04. The lowest BCUT2D eigenvalue weighted by Crippen LogP contribution is -2.47. The highest BCUT2D eigenvalue weighted by atomic mass is 32.1. The number of carboxylic acid groups (broad SMARTS) is 1. The molecule has 1 saturated carbocycles. The first-order chi connectivity index (χ1) is 16.2. The van der Waals surface area contributed by atoms with Crippen LogP contribution in [0.15, 0.2) is 48.5 Å². The number of hydrogen-bond acceptors (Lipinski definition) is 5. The zero-order valence-corrected chi connectivity index (χ0v) is 19.8. The molecule has 1 aromatic heterocycles. The number of rotatable bonds is 6. The van der Waals surface area contributed by atoms with Crippen molar-refractivity contribution < 1.29 is 9.90 Å². The molecular weight excluding hydrogens is 432 g/mol. The third-order valence-electron chi connectivity index (χ3n) is 7.37. The highest BCUT2D eigenvalue weighted by Crippen LogP contribution is 2.40. The Hall–Kier alpha value is -2.64. The van der Waals surface area contributed by atoms with Crippen LogP contribution in [-0.2, 0) is 0 Å². The van der Waals surface area contributed by atoms with Crippen LogP contribution in [0, 0.1) is 5.92 Å². The van der Waals surface area contributed by atoms with Gasteiger partial charge < -0.3 is 10.0 Å². The summed E-state index contributed by atoms with van der Waals surface area (Å²) in [7, 11) is 0. The molecule has 1 aliphatic carbocycles. The molecule has 6 nitrogen and oxygen atoms in total. The monoisotopic (exact) mass is 464 g/mol. The van der Waals surface area contributed by atoms with Crippen LogP contribution < -0.4 is 10.2 Å². The van der Waals surface area contributed by atoms with Crippen LogP contribution in [0.1, 0.15) is 43.6 Å². The lowest BCUT2D eigenvalue weighted by Gasteiger charge is -2.36. The first-order valence-corrected chi connectivity index (χ1v) is 12.9. The molecule has 2 aliphatic rings. The minimum atomic E-state index is -0.987. The van der Waals surface area contributed by atoms with Crippen molar-refractivity contribution in [1.82, 2.24) is 9.27 Å². The molecule has 3 aromatic rings. The number of nitrogens with zero attached hydrogens (tertiary/aromatic N) is 3. The molecule has 0 atom stereocenters. The van der Waals surface area contributed by atoms with E-state index in [0.717, 1.165) is 62.0 Å². The molecule has 2 aromatic carbocycles. The molecule has 1 amide bonds. The maximum Gasteiger partial charge on any atom is 0.409 e. The Labute approximate surface area is 199 Å². The van der Waals surface area contributed by atoms with Gasteiger partial charge in [-0.25, -0.2) is 4.79 Å². The average molecular weight is 465 g/mol. The van der Waals surface area contributed by atoms with Gasteiger partial charge in [-0.1, -0.05) is 30.3 Å². The van der Waals surface area contributed by atoms with E-state index in [-0.39, 0.29) is 0 Å². The van der Waals surface area contributed by atoms with Gasteiger partial charge in [0.2, 0.25) is 0 Å². The second-order valence-corrected chi connectivity index (χ2v) is 10.2. The van der Waals surface area contributed by atoms with E-state index < -0.39 is 6.09 Å². The summed E-state index contributed by atoms with van der Waals surface area (Å²) in [4.78, 5) is 16.2. The van der Waals surface area contributed by atoms with Gasteiger partial charge in [-0.15, -0.1) is 0 Å². The van der Waals surface area contributed by atoms with Crippen LogP contribution in [0.5, 0.6) is 0 Å². The number of amides is 1. The molecule has 0 spiro atoms. The van der Waals surface area contributed by atoms with Crippen molar-refractivity contribution >= 4 is 39.2 Å². The van der Waals surface area contributed by atoms with Gasteiger partial charge in [0, 0.05) is 37.3 Å². The first-order valence-electron chi connectivity index (χ1n) is 12.1. The van der Waals surface area contributed by atoms with E-state index in [1.54, 1.807) is 11.5 Å². The van der Waals surface area contributed by atoms with Gasteiger partial charge in [0.05, 0.1) is 4.70 Å². The number of aromatic nitrogens is 1. The number of para-hydroxylation sites is 1. The molecule has 2 N–H and O–H groups in total. The smallest absolute Gasteiger partial charge is 0.409 e. The fourth-order valence-corrected chi connectivity index (χ4v) is 6.29. The minimum Gasteiger partial charge on any atom is -0.465 e. The van der Waals surface area contributed by atoms with Gasteiger partial charge in [0.1, 0.15) is 5.82 Å². The van der Waals surface area contributed by atoms with Crippen LogP contribution in [0.25, 0.3) is 10.1 Å². The van der Waals surface area contributed by atoms with Gasteiger partial charge in [0.15, 0.2) is 0 Å². The lowest BCUT2D eigenvalue weighted by molar-refractivity contribution is 0.209. The second kappa shape index (κ2) is 10.1. The van der Waals surface area contributed by atoms with Crippen molar-refractivity contribution in [2.75, 3.05) is 42.9 Å². The van der Waals surface area contributed by atoms with Crippen molar-refractivity contribution in [3.05, 3.63) is 54.1 Å². The molecule has 174 valence electrons. The average Bonchev–Trinajstić information content (AvgIpc) is 3.28. The summed E-state index contributed by atoms with van der Waals surface area (Å²) in [6, 6.07) is 16.4. The molecule has 1 saturated heterocycles. The zero-order valence-electron chi connectivity index (χ0n) is 18.9. The van der Waals surface area contributed by atoms with Crippen LogP contribution in [0.3, 0.4) is 0 Å². The van der Waals surface area contributed by atoms with Gasteiger partial charge >= 0.3 is 6.09 Å². The van der Waals surface area contributed by atoms with Crippen molar-refractivity contribution in [2.45, 2.75) is 38.0 Å². The molecule has 0 radical (unpaired) electrons. The topological polar surface area (TPSA) is 68.7 Å². The SMILES string of the molecule is O=C(O)Nc1ccccc1C1CCC(CCN2CCN(c3nsc4ccccc34)CC2)CC1. The molecule has 2 heterocycles. The highest BCUT2D eigenvalue weighted by Gasteiger charge is 2.26. The van der Waals surface area contributed by atoms with Crippen LogP contribution in [-0.4, -0.2) is 53.2 Å². The maximum atomic E-state index is 11.1. The molecular formula is C26H32N4O2S. The number of carbonyl (C=O) groups is 1.